The molecule has 0 aromatic carbocycles. The van der Waals surface area contributed by atoms with E-state index < -0.39 is 0 Å². The van der Waals surface area contributed by atoms with Crippen molar-refractivity contribution in [2.45, 2.75) is 222 Å². The Kier molecular flexibility index (Phi) is 11.0. The Bertz CT molecular complexity index is 1200. The molecule has 1 aliphatic heterocycles. The van der Waals surface area contributed by atoms with Gasteiger partial charge in [-0.05, 0) is 91.3 Å². The Labute approximate surface area is 303 Å². The summed E-state index contributed by atoms with van der Waals surface area (Å²) in [5.74, 6) is 1.88. The van der Waals surface area contributed by atoms with Gasteiger partial charge in [-0.1, -0.05) is 151 Å². The molecule has 10 atom stereocenters. The van der Waals surface area contributed by atoms with Crippen molar-refractivity contribution in [1.29, 1.82) is 0 Å². The zero-order valence-corrected chi connectivity index (χ0v) is 33.8. The van der Waals surface area contributed by atoms with Gasteiger partial charge >= 0.3 is 5.97 Å². The normalized spacial score (nSPS) is 42.8. The van der Waals surface area contributed by atoms with Crippen molar-refractivity contribution < 1.29 is 14.3 Å². The molecule has 0 aromatic rings. The molecule has 0 N–H and O–H groups in total. The van der Waals surface area contributed by atoms with E-state index in [2.05, 4.69) is 68.4 Å². The largest absolute Gasteiger partial charge is 0.462 e. The lowest BCUT2D eigenvalue weighted by Gasteiger charge is -2.69. The number of carbonyl (C=O) groups excluding carboxylic acids is 1. The van der Waals surface area contributed by atoms with Crippen LogP contribution < -0.4 is 0 Å². The molecule has 280 valence electrons. The fourth-order valence-electron chi connectivity index (χ4n) is 13.9. The third-order valence-electron chi connectivity index (χ3n) is 16.7. The SMILES string of the molecule is CCCCCCCCCCCCCCCC(=O)O[C@H]1CC[C@]2(C)[C@H]3[C@@H]4O[C@@H]4[C@]4(C)C(=CC[C@@]5(C)CCC(C)(C)C[C@H]54)[C@]3(C)CC[C@H]2C1(C)C. The number of fused-ring (bicyclic) bond motifs is 10. The van der Waals surface area contributed by atoms with Crippen molar-refractivity contribution in [3.05, 3.63) is 11.6 Å². The summed E-state index contributed by atoms with van der Waals surface area (Å²) in [6.07, 6.45) is 31.4. The first-order valence-corrected chi connectivity index (χ1v) is 21.7. The van der Waals surface area contributed by atoms with E-state index >= 15 is 0 Å². The average molecular weight is 679 g/mol. The molecule has 6 aliphatic rings. The lowest BCUT2D eigenvalue weighted by molar-refractivity contribution is -0.196. The fourth-order valence-corrected chi connectivity index (χ4v) is 13.9. The highest BCUT2D eigenvalue weighted by Crippen LogP contribution is 2.78. The van der Waals surface area contributed by atoms with E-state index in [0.717, 1.165) is 25.7 Å². The first-order chi connectivity index (χ1) is 23.1. The average Bonchev–Trinajstić information content (AvgIpc) is 3.83. The van der Waals surface area contributed by atoms with Crippen LogP contribution in [0.2, 0.25) is 0 Å². The number of hydrogen-bond donors (Lipinski definition) is 0. The molecule has 0 amide bonds. The molecular formula is C46H78O3. The third-order valence-corrected chi connectivity index (χ3v) is 16.7. The van der Waals surface area contributed by atoms with Crippen LogP contribution in [0.1, 0.15) is 204 Å². The molecule has 0 radical (unpaired) electrons. The molecule has 1 heterocycles. The minimum Gasteiger partial charge on any atom is -0.462 e. The molecule has 49 heavy (non-hydrogen) atoms. The minimum atomic E-state index is -0.0158. The summed E-state index contributed by atoms with van der Waals surface area (Å²) in [4.78, 5) is 13.2. The lowest BCUT2D eigenvalue weighted by Crippen LogP contribution is -2.65. The molecule has 1 saturated heterocycles. The number of esters is 1. The van der Waals surface area contributed by atoms with E-state index in [1.807, 2.05) is 0 Å². The van der Waals surface area contributed by atoms with Gasteiger partial charge < -0.3 is 9.47 Å². The number of ether oxygens (including phenoxy) is 2. The van der Waals surface area contributed by atoms with Crippen LogP contribution in [-0.4, -0.2) is 24.3 Å². The Morgan fingerprint density at radius 2 is 1.37 bits per heavy atom. The number of unbranched alkanes of at least 4 members (excludes halogenated alkanes) is 12. The first kappa shape index (κ1) is 37.9. The van der Waals surface area contributed by atoms with Gasteiger partial charge in [0.2, 0.25) is 0 Å². The highest BCUT2D eigenvalue weighted by molar-refractivity contribution is 5.69. The first-order valence-electron chi connectivity index (χ1n) is 21.7. The van der Waals surface area contributed by atoms with Crippen molar-refractivity contribution in [1.82, 2.24) is 0 Å². The van der Waals surface area contributed by atoms with Crippen molar-refractivity contribution in [3.63, 3.8) is 0 Å². The molecule has 3 nitrogen and oxygen atoms in total. The summed E-state index contributed by atoms with van der Waals surface area (Å²) < 4.78 is 13.4. The number of carbonyl (C=O) groups is 1. The van der Waals surface area contributed by atoms with Gasteiger partial charge in [0.15, 0.2) is 0 Å². The van der Waals surface area contributed by atoms with Gasteiger partial charge in [-0.3, -0.25) is 4.79 Å². The smallest absolute Gasteiger partial charge is 0.306 e. The van der Waals surface area contributed by atoms with Crippen molar-refractivity contribution in [3.8, 4) is 0 Å². The van der Waals surface area contributed by atoms with E-state index in [1.165, 1.54) is 109 Å². The molecule has 0 spiro atoms. The van der Waals surface area contributed by atoms with Crippen molar-refractivity contribution in [2.75, 3.05) is 0 Å². The van der Waals surface area contributed by atoms with Crippen molar-refractivity contribution in [2.24, 2.45) is 50.2 Å². The van der Waals surface area contributed by atoms with Crippen LogP contribution in [0, 0.1) is 50.2 Å². The molecular weight excluding hydrogens is 601 g/mol. The van der Waals surface area contributed by atoms with Gasteiger partial charge in [0.1, 0.15) is 6.10 Å². The summed E-state index contributed by atoms with van der Waals surface area (Å²) in [6.45, 7) is 22.7. The Balaban J connectivity index is 1.01. The Morgan fingerprint density at radius 3 is 2.00 bits per heavy atom. The Hall–Kier alpha value is -0.830. The van der Waals surface area contributed by atoms with E-state index in [0.29, 0.717) is 47.2 Å². The molecule has 0 aromatic heterocycles. The summed E-state index contributed by atoms with van der Waals surface area (Å²) in [5, 5.41) is 0. The zero-order chi connectivity index (χ0) is 35.3. The van der Waals surface area contributed by atoms with Crippen LogP contribution in [0.3, 0.4) is 0 Å². The predicted molar refractivity (Wildman–Crippen MR) is 204 cm³/mol. The maximum absolute atomic E-state index is 13.2. The van der Waals surface area contributed by atoms with Gasteiger partial charge in [0, 0.05) is 23.2 Å². The Morgan fingerprint density at radius 1 is 0.755 bits per heavy atom. The van der Waals surface area contributed by atoms with Crippen LogP contribution in [0.25, 0.3) is 0 Å². The maximum Gasteiger partial charge on any atom is 0.306 e. The fraction of sp³-hybridized carbons (Fsp3) is 0.935. The summed E-state index contributed by atoms with van der Waals surface area (Å²) in [6, 6.07) is 0. The quantitative estimate of drug-likeness (QED) is 0.0749. The van der Waals surface area contributed by atoms with Gasteiger partial charge in [-0.25, -0.2) is 0 Å². The van der Waals surface area contributed by atoms with E-state index in [9.17, 15) is 4.79 Å². The molecule has 4 saturated carbocycles. The van der Waals surface area contributed by atoms with Crippen molar-refractivity contribution >= 4 is 5.97 Å². The minimum absolute atomic E-state index is 0.0158. The maximum atomic E-state index is 13.2. The van der Waals surface area contributed by atoms with E-state index in [4.69, 9.17) is 9.47 Å². The van der Waals surface area contributed by atoms with Crippen LogP contribution >= 0.6 is 0 Å². The molecule has 0 bridgehead atoms. The van der Waals surface area contributed by atoms with Gasteiger partial charge in [0.05, 0.1) is 12.2 Å². The number of allylic oxidation sites excluding steroid dienone is 1. The van der Waals surface area contributed by atoms with E-state index in [-0.39, 0.29) is 33.7 Å². The van der Waals surface area contributed by atoms with Crippen LogP contribution in [0.4, 0.5) is 0 Å². The monoisotopic (exact) mass is 679 g/mol. The predicted octanol–water partition coefficient (Wildman–Crippen LogP) is 13.2. The molecule has 5 aliphatic carbocycles. The van der Waals surface area contributed by atoms with Gasteiger partial charge in [-0.2, -0.15) is 0 Å². The van der Waals surface area contributed by atoms with E-state index in [1.54, 1.807) is 5.57 Å². The zero-order valence-electron chi connectivity index (χ0n) is 33.8. The summed E-state index contributed by atoms with van der Waals surface area (Å²) in [7, 11) is 0. The van der Waals surface area contributed by atoms with Crippen LogP contribution in [-0.2, 0) is 14.3 Å². The molecule has 3 heteroatoms. The molecule has 6 rings (SSSR count). The standard InChI is InChI=1S/C46H78O3/c1-10-11-12-13-14-15-16-17-18-19-20-21-22-23-37(47)48-36-26-29-44(7)33(42(36,4)5)25-28-45(8)34-24-27-43(6)31-30-41(2,3)32-35(43)46(34,9)40-38(49-40)39(44)45/h24,33,35-36,38-40H,10-23,25-32H2,1-9H3/t33-,35+,36-,38-,39+,40-,43-,44-,45-,46+/m0/s1. The van der Waals surface area contributed by atoms with Gasteiger partial charge in [0.25, 0.3) is 0 Å². The van der Waals surface area contributed by atoms with Crippen LogP contribution in [0.15, 0.2) is 11.6 Å². The van der Waals surface area contributed by atoms with Gasteiger partial charge in [-0.15, -0.1) is 0 Å². The topological polar surface area (TPSA) is 38.8 Å². The molecule has 5 fully saturated rings. The second-order valence-corrected chi connectivity index (χ2v) is 21.0. The molecule has 0 unspecified atom stereocenters. The summed E-state index contributed by atoms with van der Waals surface area (Å²) in [5.41, 5.74) is 3.18. The van der Waals surface area contributed by atoms with Crippen LogP contribution in [0.5, 0.6) is 0 Å². The summed E-state index contributed by atoms with van der Waals surface area (Å²) >= 11 is 0. The second-order valence-electron chi connectivity index (χ2n) is 21.0. The third kappa shape index (κ3) is 6.89. The highest BCUT2D eigenvalue weighted by Gasteiger charge is 2.77. The lowest BCUT2D eigenvalue weighted by atomic mass is 9.34. The second kappa shape index (κ2) is 14.2. The number of epoxide rings is 1. The number of rotatable bonds is 15. The highest BCUT2D eigenvalue weighted by atomic mass is 16.6. The number of hydrogen-bond acceptors (Lipinski definition) is 3.